The fourth-order valence-electron chi connectivity index (χ4n) is 0.0833. The maximum atomic E-state index is 9.29. The van der Waals surface area contributed by atoms with Crippen LogP contribution in [0.25, 0.3) is 0 Å². The Labute approximate surface area is 45.9 Å². The van der Waals surface area contributed by atoms with Crippen LogP contribution in [0.5, 0.6) is 0 Å². The lowest BCUT2D eigenvalue weighted by Crippen LogP contribution is -2.07. The Hall–Kier alpha value is -0.530. The zero-order chi connectivity index (χ0) is 4.12. The number of amides is 1. The number of rotatable bonds is 2. The van der Waals surface area contributed by atoms with Crippen LogP contribution in [-0.4, -0.2) is 13.0 Å². The van der Waals surface area contributed by atoms with E-state index < -0.39 is 0 Å². The number of nitrogens with one attached hydrogen (secondary N) is 1. The second-order valence-electron chi connectivity index (χ2n) is 0.676. The zero-order valence-corrected chi connectivity index (χ0v) is 3.19. The minimum atomic E-state index is 0. The third-order valence-electron chi connectivity index (χ3n) is 0.287. The first kappa shape index (κ1) is 16.1. The fraction of sp³-hybridized carbons (Fsp3) is 0.800. The lowest BCUT2D eigenvalue weighted by molar-refractivity contribution is -0.109. The van der Waals surface area contributed by atoms with Crippen molar-refractivity contribution in [2.45, 2.75) is 21.8 Å². The Bertz CT molecular complexity index is 29.3. The summed E-state index contributed by atoms with van der Waals surface area (Å²) in [6.07, 6.45) is 0.681. The van der Waals surface area contributed by atoms with Gasteiger partial charge in [-0.1, -0.05) is 14.9 Å². The molecule has 2 heteroatoms. The first-order valence-corrected chi connectivity index (χ1v) is 1.59. The molecule has 0 atom stereocenters. The quantitative estimate of drug-likeness (QED) is 0.522. The van der Waals surface area contributed by atoms with Gasteiger partial charge in [-0.05, 0) is 6.92 Å². The molecule has 0 aliphatic heterocycles. The van der Waals surface area contributed by atoms with Crippen LogP contribution in [0.15, 0.2) is 0 Å². The molecule has 0 aromatic carbocycles. The SMILES string of the molecule is C.C.CCNC=O. The highest BCUT2D eigenvalue weighted by molar-refractivity contribution is 5.45. The molecule has 1 N–H and O–H groups in total. The van der Waals surface area contributed by atoms with Gasteiger partial charge in [0.05, 0.1) is 0 Å². The van der Waals surface area contributed by atoms with E-state index in [2.05, 4.69) is 5.32 Å². The molecule has 0 aliphatic carbocycles. The van der Waals surface area contributed by atoms with Gasteiger partial charge in [-0.25, -0.2) is 0 Å². The van der Waals surface area contributed by atoms with E-state index in [0.717, 1.165) is 6.54 Å². The second kappa shape index (κ2) is 17.9. The maximum absolute atomic E-state index is 9.29. The van der Waals surface area contributed by atoms with Crippen LogP contribution >= 0.6 is 0 Å². The van der Waals surface area contributed by atoms with Crippen LogP contribution in [0, 0.1) is 0 Å². The van der Waals surface area contributed by atoms with Crippen molar-refractivity contribution in [3.05, 3.63) is 0 Å². The van der Waals surface area contributed by atoms with Gasteiger partial charge in [0.25, 0.3) is 0 Å². The Morgan fingerprint density at radius 3 is 2.00 bits per heavy atom. The van der Waals surface area contributed by atoms with E-state index in [-0.39, 0.29) is 14.9 Å². The summed E-state index contributed by atoms with van der Waals surface area (Å²) >= 11 is 0. The predicted octanol–water partition coefficient (Wildman–Crippen LogP) is 1.02. The maximum Gasteiger partial charge on any atom is 0.207 e. The van der Waals surface area contributed by atoms with E-state index in [1.54, 1.807) is 0 Å². The molecular formula is C5H15NO. The molecular weight excluding hydrogens is 90.1 g/mol. The molecule has 0 saturated carbocycles. The molecule has 0 unspecified atom stereocenters. The van der Waals surface area contributed by atoms with Gasteiger partial charge in [0.15, 0.2) is 0 Å². The highest BCUT2D eigenvalue weighted by Crippen LogP contribution is 1.37. The van der Waals surface area contributed by atoms with Crippen LogP contribution in [-0.2, 0) is 4.79 Å². The Morgan fingerprint density at radius 1 is 1.57 bits per heavy atom. The van der Waals surface area contributed by atoms with Crippen molar-refractivity contribution in [1.82, 2.24) is 5.32 Å². The first-order chi connectivity index (χ1) is 2.41. The molecule has 0 spiro atoms. The van der Waals surface area contributed by atoms with Gasteiger partial charge in [0.1, 0.15) is 0 Å². The van der Waals surface area contributed by atoms with E-state index >= 15 is 0 Å². The number of hydrogen-bond acceptors (Lipinski definition) is 1. The molecule has 0 heterocycles. The molecule has 1 amide bonds. The van der Waals surface area contributed by atoms with E-state index in [4.69, 9.17) is 0 Å². The van der Waals surface area contributed by atoms with Crippen LogP contribution < -0.4 is 5.32 Å². The highest BCUT2D eigenvalue weighted by atomic mass is 16.1. The van der Waals surface area contributed by atoms with E-state index in [9.17, 15) is 4.79 Å². The number of hydrogen-bond donors (Lipinski definition) is 1. The highest BCUT2D eigenvalue weighted by Gasteiger charge is 1.59. The van der Waals surface area contributed by atoms with Gasteiger partial charge >= 0.3 is 0 Å². The molecule has 0 radical (unpaired) electrons. The molecule has 0 fully saturated rings. The second-order valence-corrected chi connectivity index (χ2v) is 0.676. The molecule has 0 aliphatic rings. The van der Waals surface area contributed by atoms with E-state index in [0.29, 0.717) is 6.41 Å². The summed E-state index contributed by atoms with van der Waals surface area (Å²) in [6, 6.07) is 0. The lowest BCUT2D eigenvalue weighted by atomic mass is 10.8. The average molecular weight is 105 g/mol. The minimum absolute atomic E-state index is 0. The third kappa shape index (κ3) is 30.5. The van der Waals surface area contributed by atoms with Crippen molar-refractivity contribution < 1.29 is 4.79 Å². The van der Waals surface area contributed by atoms with Crippen LogP contribution in [0.3, 0.4) is 0 Å². The summed E-state index contributed by atoms with van der Waals surface area (Å²) in [4.78, 5) is 9.29. The topological polar surface area (TPSA) is 29.1 Å². The molecule has 0 bridgehead atoms. The Morgan fingerprint density at radius 2 is 2.00 bits per heavy atom. The number of carbonyl (C=O) groups excluding carboxylic acids is 1. The van der Waals surface area contributed by atoms with Crippen LogP contribution in [0.1, 0.15) is 21.8 Å². The largest absolute Gasteiger partial charge is 0.359 e. The normalized spacial score (nSPS) is 4.71. The third-order valence-corrected chi connectivity index (χ3v) is 0.287. The average Bonchev–Trinajstić information content (AvgIpc) is 1.41. The molecule has 7 heavy (non-hydrogen) atoms. The summed E-state index contributed by atoms with van der Waals surface area (Å²) < 4.78 is 0. The van der Waals surface area contributed by atoms with Crippen molar-refractivity contribution in [3.8, 4) is 0 Å². The zero-order valence-electron chi connectivity index (χ0n) is 3.19. The lowest BCUT2D eigenvalue weighted by Gasteiger charge is -1.78. The summed E-state index contributed by atoms with van der Waals surface area (Å²) in [7, 11) is 0. The van der Waals surface area contributed by atoms with Gasteiger partial charge in [-0.2, -0.15) is 0 Å². The van der Waals surface area contributed by atoms with Gasteiger partial charge in [-0.15, -0.1) is 0 Å². The van der Waals surface area contributed by atoms with Crippen molar-refractivity contribution in [2.24, 2.45) is 0 Å². The fourth-order valence-corrected chi connectivity index (χ4v) is 0.0833. The van der Waals surface area contributed by atoms with Crippen molar-refractivity contribution in [2.75, 3.05) is 6.54 Å². The van der Waals surface area contributed by atoms with Gasteiger partial charge in [0.2, 0.25) is 6.41 Å². The molecule has 46 valence electrons. The van der Waals surface area contributed by atoms with Crippen molar-refractivity contribution >= 4 is 6.41 Å². The molecule has 2 nitrogen and oxygen atoms in total. The smallest absolute Gasteiger partial charge is 0.207 e. The van der Waals surface area contributed by atoms with Gasteiger partial charge < -0.3 is 5.32 Å². The van der Waals surface area contributed by atoms with Crippen LogP contribution in [0.2, 0.25) is 0 Å². The van der Waals surface area contributed by atoms with E-state index in [1.165, 1.54) is 0 Å². The van der Waals surface area contributed by atoms with Gasteiger partial charge in [0, 0.05) is 6.54 Å². The van der Waals surface area contributed by atoms with E-state index in [1.807, 2.05) is 6.92 Å². The van der Waals surface area contributed by atoms with Crippen molar-refractivity contribution in [3.63, 3.8) is 0 Å². The predicted molar refractivity (Wildman–Crippen MR) is 33.2 cm³/mol. The summed E-state index contributed by atoms with van der Waals surface area (Å²) in [5.41, 5.74) is 0. The minimum Gasteiger partial charge on any atom is -0.359 e. The van der Waals surface area contributed by atoms with Gasteiger partial charge in [-0.3, -0.25) is 4.79 Å². The van der Waals surface area contributed by atoms with Crippen molar-refractivity contribution in [1.29, 1.82) is 0 Å². The molecule has 0 aromatic rings. The Kier molecular flexibility index (Phi) is 41.1. The van der Waals surface area contributed by atoms with Crippen LogP contribution in [0.4, 0.5) is 0 Å². The number of carbonyl (C=O) groups is 1. The first-order valence-electron chi connectivity index (χ1n) is 1.59. The monoisotopic (exact) mass is 105 g/mol. The molecule has 0 rings (SSSR count). The standard InChI is InChI=1S/C3H7NO.2CH4/c1-2-4-3-5;;/h3H,2H2,1H3,(H,4,5);2*1H4. The summed E-state index contributed by atoms with van der Waals surface area (Å²) in [5, 5.41) is 2.43. The summed E-state index contributed by atoms with van der Waals surface area (Å²) in [6.45, 7) is 2.60. The molecule has 0 saturated heterocycles. The summed E-state index contributed by atoms with van der Waals surface area (Å²) in [5.74, 6) is 0. The molecule has 0 aromatic heterocycles. The Balaban J connectivity index is -0.0000000800.